The lowest BCUT2D eigenvalue weighted by atomic mass is 10.1. The average Bonchev–Trinajstić information content (AvgIpc) is 2.59. The number of para-hydroxylation sites is 2. The maximum Gasteiger partial charge on any atom is 0.243 e. The average molecular weight is 339 g/mol. The van der Waals surface area contributed by atoms with Crippen molar-refractivity contribution < 1.29 is 9.59 Å². The van der Waals surface area contributed by atoms with Gasteiger partial charge >= 0.3 is 0 Å². The number of nitriles is 1. The van der Waals surface area contributed by atoms with Gasteiger partial charge in [0.05, 0.1) is 24.1 Å². The van der Waals surface area contributed by atoms with Crippen LogP contribution in [-0.2, 0) is 4.79 Å². The second kappa shape index (κ2) is 8.75. The third kappa shape index (κ3) is 4.86. The van der Waals surface area contributed by atoms with Gasteiger partial charge in [0, 0.05) is 16.1 Å². The van der Waals surface area contributed by atoms with Gasteiger partial charge in [0.15, 0.2) is 5.78 Å². The van der Waals surface area contributed by atoms with Crippen LogP contribution in [0.5, 0.6) is 0 Å². The first kappa shape index (κ1) is 17.6. The third-order valence-corrected chi connectivity index (χ3v) is 4.14. The number of carbonyl (C=O) groups excluding carboxylic acids is 2. The van der Waals surface area contributed by atoms with Gasteiger partial charge in [-0.05, 0) is 31.2 Å². The Morgan fingerprint density at radius 3 is 2.46 bits per heavy atom. The Morgan fingerprint density at radius 2 is 1.75 bits per heavy atom. The molecule has 0 bridgehead atoms. The monoisotopic (exact) mass is 339 g/mol. The second-order valence-electron chi connectivity index (χ2n) is 4.95. The summed E-state index contributed by atoms with van der Waals surface area (Å²) < 4.78 is 0. The van der Waals surface area contributed by atoms with E-state index in [4.69, 9.17) is 5.26 Å². The predicted octanol–water partition coefficient (Wildman–Crippen LogP) is 3.56. The highest BCUT2D eigenvalue weighted by Crippen LogP contribution is 2.26. The highest BCUT2D eigenvalue weighted by atomic mass is 32.2. The molecule has 24 heavy (non-hydrogen) atoms. The Bertz CT molecular complexity index is 784. The summed E-state index contributed by atoms with van der Waals surface area (Å²) in [4.78, 5) is 24.6. The number of Topliss-reactive ketones (excluding diaryl/α,β-unsaturated/α-hetero) is 1. The molecule has 2 aromatic carbocycles. The summed E-state index contributed by atoms with van der Waals surface area (Å²) in [5.41, 5.74) is 1.85. The highest BCUT2D eigenvalue weighted by molar-refractivity contribution is 7.99. The van der Waals surface area contributed by atoms with Gasteiger partial charge in [-0.1, -0.05) is 24.3 Å². The summed E-state index contributed by atoms with van der Waals surface area (Å²) in [7, 11) is 0. The van der Waals surface area contributed by atoms with Crippen molar-refractivity contribution in [3.8, 4) is 6.07 Å². The molecule has 0 heterocycles. The molecule has 0 aliphatic rings. The van der Waals surface area contributed by atoms with Crippen LogP contribution in [0.15, 0.2) is 53.4 Å². The van der Waals surface area contributed by atoms with Crippen LogP contribution in [0.25, 0.3) is 0 Å². The normalized spacial score (nSPS) is 9.83. The van der Waals surface area contributed by atoms with Crippen molar-refractivity contribution >= 4 is 34.8 Å². The molecule has 0 spiro atoms. The van der Waals surface area contributed by atoms with Crippen LogP contribution in [0, 0.1) is 11.3 Å². The molecule has 0 atom stereocenters. The third-order valence-electron chi connectivity index (χ3n) is 3.20. The van der Waals surface area contributed by atoms with Crippen LogP contribution in [0.3, 0.4) is 0 Å². The van der Waals surface area contributed by atoms with E-state index in [1.165, 1.54) is 18.7 Å². The summed E-state index contributed by atoms with van der Waals surface area (Å²) in [6.45, 7) is 1.53. The minimum Gasteiger partial charge on any atom is -0.376 e. The van der Waals surface area contributed by atoms with Crippen LogP contribution < -0.4 is 10.6 Å². The summed E-state index contributed by atoms with van der Waals surface area (Å²) in [6, 6.07) is 16.5. The molecule has 122 valence electrons. The zero-order chi connectivity index (χ0) is 17.4. The Labute approximate surface area is 145 Å². The van der Waals surface area contributed by atoms with E-state index >= 15 is 0 Å². The maximum absolute atomic E-state index is 12.2. The summed E-state index contributed by atoms with van der Waals surface area (Å²) >= 11 is 1.37. The fourth-order valence-corrected chi connectivity index (χ4v) is 2.79. The predicted molar refractivity (Wildman–Crippen MR) is 96.3 cm³/mol. The van der Waals surface area contributed by atoms with Crippen molar-refractivity contribution in [2.75, 3.05) is 22.9 Å². The quantitative estimate of drug-likeness (QED) is 0.595. The molecular formula is C18H17N3O2S. The van der Waals surface area contributed by atoms with E-state index < -0.39 is 0 Å². The van der Waals surface area contributed by atoms with Crippen LogP contribution >= 0.6 is 11.8 Å². The smallest absolute Gasteiger partial charge is 0.243 e. The first-order valence-corrected chi connectivity index (χ1v) is 8.33. The Hall–Kier alpha value is -2.78. The molecule has 0 radical (unpaired) electrons. The fraction of sp³-hybridized carbons (Fsp3) is 0.167. The van der Waals surface area contributed by atoms with Crippen molar-refractivity contribution in [1.29, 1.82) is 5.26 Å². The number of nitrogens with zero attached hydrogens (tertiary/aromatic N) is 1. The number of anilines is 2. The van der Waals surface area contributed by atoms with Gasteiger partial charge in [0.2, 0.25) is 5.91 Å². The summed E-state index contributed by atoms with van der Waals surface area (Å²) in [5, 5.41) is 14.5. The van der Waals surface area contributed by atoms with E-state index in [9.17, 15) is 9.59 Å². The summed E-state index contributed by atoms with van der Waals surface area (Å²) in [6.07, 6.45) is 0. The zero-order valence-corrected chi connectivity index (χ0v) is 14.0. The van der Waals surface area contributed by atoms with Crippen molar-refractivity contribution in [3.63, 3.8) is 0 Å². The number of rotatable bonds is 7. The number of ketones is 1. The number of thioether (sulfide) groups is 1. The molecule has 2 rings (SSSR count). The molecule has 6 heteroatoms. The van der Waals surface area contributed by atoms with E-state index in [0.29, 0.717) is 22.7 Å². The molecule has 0 saturated heterocycles. The Morgan fingerprint density at radius 1 is 1.08 bits per heavy atom. The van der Waals surface area contributed by atoms with Crippen LogP contribution in [0.2, 0.25) is 0 Å². The van der Waals surface area contributed by atoms with Gasteiger partial charge in [-0.2, -0.15) is 5.26 Å². The fourth-order valence-electron chi connectivity index (χ4n) is 2.12. The molecule has 0 fully saturated rings. The van der Waals surface area contributed by atoms with Crippen molar-refractivity contribution in [2.45, 2.75) is 11.8 Å². The molecule has 1 amide bonds. The molecule has 0 aliphatic heterocycles. The first-order chi connectivity index (χ1) is 11.6. The van der Waals surface area contributed by atoms with Crippen molar-refractivity contribution in [3.05, 3.63) is 54.1 Å². The van der Waals surface area contributed by atoms with Gasteiger partial charge in [-0.3, -0.25) is 9.59 Å². The van der Waals surface area contributed by atoms with Gasteiger partial charge in [-0.15, -0.1) is 11.8 Å². The molecule has 2 aromatic rings. The molecule has 0 saturated carbocycles. The van der Waals surface area contributed by atoms with Crippen LogP contribution in [0.4, 0.5) is 11.4 Å². The standard InChI is InChI=1S/C18H17N3O2S/c1-13(22)14-6-2-3-7-15(14)20-12-18(23)21-16-8-4-5-9-17(16)24-11-10-19/h2-9,20H,11-12H2,1H3,(H,21,23). The SMILES string of the molecule is CC(=O)c1ccccc1NCC(=O)Nc1ccccc1SCC#N. The highest BCUT2D eigenvalue weighted by Gasteiger charge is 2.09. The number of amides is 1. The van der Waals surface area contributed by atoms with Crippen LogP contribution in [0.1, 0.15) is 17.3 Å². The largest absolute Gasteiger partial charge is 0.376 e. The number of benzene rings is 2. The van der Waals surface area contributed by atoms with Crippen LogP contribution in [-0.4, -0.2) is 24.0 Å². The number of hydrogen-bond donors (Lipinski definition) is 2. The van der Waals surface area contributed by atoms with E-state index in [1.807, 2.05) is 18.2 Å². The van der Waals surface area contributed by atoms with E-state index in [0.717, 1.165) is 4.90 Å². The number of hydrogen-bond acceptors (Lipinski definition) is 5. The lowest BCUT2D eigenvalue weighted by Gasteiger charge is -2.12. The lowest BCUT2D eigenvalue weighted by Crippen LogP contribution is -2.22. The van der Waals surface area contributed by atoms with Gasteiger partial charge in [0.25, 0.3) is 0 Å². The zero-order valence-electron chi connectivity index (χ0n) is 13.2. The van der Waals surface area contributed by atoms with Crippen molar-refractivity contribution in [1.82, 2.24) is 0 Å². The molecule has 0 unspecified atom stereocenters. The first-order valence-electron chi connectivity index (χ1n) is 7.34. The molecule has 5 nitrogen and oxygen atoms in total. The van der Waals surface area contributed by atoms with Gasteiger partial charge < -0.3 is 10.6 Å². The molecule has 2 N–H and O–H groups in total. The van der Waals surface area contributed by atoms with Gasteiger partial charge in [-0.25, -0.2) is 0 Å². The Balaban J connectivity index is 2.00. The lowest BCUT2D eigenvalue weighted by molar-refractivity contribution is -0.114. The maximum atomic E-state index is 12.2. The number of nitrogens with one attached hydrogen (secondary N) is 2. The Kier molecular flexibility index (Phi) is 6.41. The van der Waals surface area contributed by atoms with E-state index in [2.05, 4.69) is 16.7 Å². The van der Waals surface area contributed by atoms with E-state index in [1.54, 1.807) is 30.3 Å². The van der Waals surface area contributed by atoms with E-state index in [-0.39, 0.29) is 18.2 Å². The summed E-state index contributed by atoms with van der Waals surface area (Å²) in [5.74, 6) is 0.0343. The minimum absolute atomic E-state index is 0.0432. The topological polar surface area (TPSA) is 82.0 Å². The molecule has 0 aliphatic carbocycles. The molecule has 0 aromatic heterocycles. The minimum atomic E-state index is -0.224. The number of carbonyl (C=O) groups is 2. The second-order valence-corrected chi connectivity index (χ2v) is 5.96. The van der Waals surface area contributed by atoms with Crippen molar-refractivity contribution in [2.24, 2.45) is 0 Å². The van der Waals surface area contributed by atoms with Gasteiger partial charge in [0.1, 0.15) is 0 Å². The molecular weight excluding hydrogens is 322 g/mol.